The van der Waals surface area contributed by atoms with Crippen molar-refractivity contribution in [2.75, 3.05) is 7.11 Å². The second-order valence-corrected chi connectivity index (χ2v) is 14.2. The Morgan fingerprint density at radius 1 is 1.20 bits per heavy atom. The van der Waals surface area contributed by atoms with Crippen molar-refractivity contribution in [3.8, 4) is 0 Å². The van der Waals surface area contributed by atoms with Crippen LogP contribution in [0.1, 0.15) is 40.5 Å². The molecule has 0 radical (unpaired) electrons. The van der Waals surface area contributed by atoms with Gasteiger partial charge in [0.15, 0.2) is 6.10 Å². The van der Waals surface area contributed by atoms with Crippen molar-refractivity contribution < 1.29 is 38.7 Å². The standard InChI is InChI=1S/C29H35Br3O8/c1-11-8-12(2)29-15(9-19(37-5)28(36)38-24(11)14(4)33)6-7-16-20(29)23(34)13(3)25(26(16)40-29)39-27(35)17-10-18(30)22(32)21(17)31/h6-8,11,13-16,19-20,23-26,33-34H,9-10H2,1-5H3/b12-8+/t11-,13-,14-,15-,16-,19+,20+,23-,24+,25-,26-,29+/m1/s1. The molecule has 1 spiro atoms. The zero-order valence-corrected chi connectivity index (χ0v) is 27.7. The van der Waals surface area contributed by atoms with Gasteiger partial charge >= 0.3 is 11.9 Å². The second kappa shape index (κ2) is 11.4. The van der Waals surface area contributed by atoms with Crippen LogP contribution in [0.3, 0.4) is 0 Å². The smallest absolute Gasteiger partial charge is 0.335 e. The van der Waals surface area contributed by atoms with Crippen molar-refractivity contribution in [3.63, 3.8) is 0 Å². The number of halogens is 3. The molecule has 0 amide bonds. The van der Waals surface area contributed by atoms with Crippen molar-refractivity contribution >= 4 is 59.7 Å². The summed E-state index contributed by atoms with van der Waals surface area (Å²) in [6.45, 7) is 7.36. The first kappa shape index (κ1) is 30.6. The highest BCUT2D eigenvalue weighted by Gasteiger charge is 2.69. The number of methoxy groups -OCH3 is 1. The first-order valence-corrected chi connectivity index (χ1v) is 16.0. The summed E-state index contributed by atoms with van der Waals surface area (Å²) < 4.78 is 26.7. The van der Waals surface area contributed by atoms with Crippen LogP contribution in [0.25, 0.3) is 0 Å². The third kappa shape index (κ3) is 4.75. The summed E-state index contributed by atoms with van der Waals surface area (Å²) in [7, 11) is 1.46. The topological polar surface area (TPSA) is 112 Å². The summed E-state index contributed by atoms with van der Waals surface area (Å²) in [5.74, 6) is -2.54. The van der Waals surface area contributed by atoms with Gasteiger partial charge in [0.05, 0.1) is 17.8 Å². The zero-order valence-electron chi connectivity index (χ0n) is 23.0. The van der Waals surface area contributed by atoms with Gasteiger partial charge in [0.2, 0.25) is 0 Å². The zero-order chi connectivity index (χ0) is 29.3. The summed E-state index contributed by atoms with van der Waals surface area (Å²) in [6, 6.07) is 0. The molecule has 0 unspecified atom stereocenters. The number of carbonyl (C=O) groups is 2. The van der Waals surface area contributed by atoms with Gasteiger partial charge in [-0.1, -0.05) is 48.0 Å². The first-order chi connectivity index (χ1) is 18.8. The Morgan fingerprint density at radius 2 is 1.90 bits per heavy atom. The molecule has 0 aromatic heterocycles. The monoisotopic (exact) mass is 748 g/mol. The van der Waals surface area contributed by atoms with Crippen LogP contribution in [0, 0.1) is 29.6 Å². The summed E-state index contributed by atoms with van der Waals surface area (Å²) in [5, 5.41) is 22.3. The Bertz CT molecular complexity index is 1210. The van der Waals surface area contributed by atoms with Gasteiger partial charge < -0.3 is 29.2 Å². The van der Waals surface area contributed by atoms with Crippen molar-refractivity contribution in [2.24, 2.45) is 29.6 Å². The molecule has 1 saturated carbocycles. The number of esters is 2. The van der Waals surface area contributed by atoms with E-state index in [1.165, 1.54) is 7.11 Å². The Labute approximate surface area is 259 Å². The van der Waals surface area contributed by atoms with Crippen molar-refractivity contribution in [3.05, 3.63) is 42.8 Å². The van der Waals surface area contributed by atoms with Crippen LogP contribution < -0.4 is 0 Å². The predicted octanol–water partition coefficient (Wildman–Crippen LogP) is 4.81. The number of aliphatic hydroxyl groups is 2. The molecule has 3 aliphatic carbocycles. The van der Waals surface area contributed by atoms with Crippen LogP contribution in [0.2, 0.25) is 0 Å². The lowest BCUT2D eigenvalue weighted by molar-refractivity contribution is -0.173. The molecular weight excluding hydrogens is 716 g/mol. The number of allylic oxidation sites excluding steroid dienone is 3. The van der Waals surface area contributed by atoms with Gasteiger partial charge in [-0.3, -0.25) is 0 Å². The van der Waals surface area contributed by atoms with E-state index in [9.17, 15) is 19.8 Å². The van der Waals surface area contributed by atoms with E-state index in [1.807, 2.05) is 39.0 Å². The van der Waals surface area contributed by atoms with Crippen LogP contribution in [-0.2, 0) is 28.5 Å². The molecule has 2 heterocycles. The maximum absolute atomic E-state index is 13.4. The fraction of sp³-hybridized carbons (Fsp3) is 0.655. The third-order valence-corrected chi connectivity index (χ3v) is 12.9. The molecule has 5 aliphatic rings. The van der Waals surface area contributed by atoms with Crippen molar-refractivity contribution in [1.82, 2.24) is 0 Å². The molecule has 0 aromatic carbocycles. The molecule has 40 heavy (non-hydrogen) atoms. The van der Waals surface area contributed by atoms with Gasteiger partial charge in [0.1, 0.15) is 23.9 Å². The van der Waals surface area contributed by atoms with Crippen LogP contribution in [0.5, 0.6) is 0 Å². The minimum absolute atomic E-state index is 0.194. The molecule has 11 heteroatoms. The fourth-order valence-electron chi connectivity index (χ4n) is 7.42. The van der Waals surface area contributed by atoms with E-state index in [0.29, 0.717) is 16.5 Å². The molecule has 0 aromatic rings. The first-order valence-electron chi connectivity index (χ1n) is 13.6. The van der Waals surface area contributed by atoms with Gasteiger partial charge in [0.25, 0.3) is 0 Å². The minimum Gasteiger partial charge on any atom is -0.457 e. The van der Waals surface area contributed by atoms with E-state index in [0.717, 1.165) is 14.5 Å². The minimum atomic E-state index is -0.953. The maximum Gasteiger partial charge on any atom is 0.335 e. The molecular formula is C29H35Br3O8. The normalized spacial score (nSPS) is 45.0. The molecule has 2 fully saturated rings. The lowest BCUT2D eigenvalue weighted by Gasteiger charge is -2.48. The summed E-state index contributed by atoms with van der Waals surface area (Å²) in [5.41, 5.74) is 0.428. The summed E-state index contributed by atoms with van der Waals surface area (Å²) in [6.07, 6.45) is 2.17. The number of carbonyl (C=O) groups excluding carboxylic acids is 2. The number of rotatable bonds is 4. The Hall–Kier alpha value is -0.820. The van der Waals surface area contributed by atoms with Crippen molar-refractivity contribution in [2.45, 2.75) is 82.8 Å². The largest absolute Gasteiger partial charge is 0.457 e. The van der Waals surface area contributed by atoms with E-state index >= 15 is 0 Å². The lowest BCUT2D eigenvalue weighted by Crippen LogP contribution is -2.57. The van der Waals surface area contributed by atoms with E-state index in [4.69, 9.17) is 18.9 Å². The summed E-state index contributed by atoms with van der Waals surface area (Å²) in [4.78, 5) is 26.5. The van der Waals surface area contributed by atoms with E-state index < -0.39 is 60.1 Å². The number of ether oxygens (including phenoxy) is 4. The molecule has 1 saturated heterocycles. The Balaban J connectivity index is 1.54. The second-order valence-electron chi connectivity index (χ2n) is 11.7. The van der Waals surface area contributed by atoms with Gasteiger partial charge in [-0.15, -0.1) is 0 Å². The Kier molecular flexibility index (Phi) is 8.69. The highest BCUT2D eigenvalue weighted by atomic mass is 79.9. The Morgan fingerprint density at radius 3 is 2.50 bits per heavy atom. The average Bonchev–Trinajstić information content (AvgIpc) is 3.28. The highest BCUT2D eigenvalue weighted by Crippen LogP contribution is 2.61. The van der Waals surface area contributed by atoms with Gasteiger partial charge in [-0.05, 0) is 57.7 Å². The predicted molar refractivity (Wildman–Crippen MR) is 158 cm³/mol. The van der Waals surface area contributed by atoms with Crippen LogP contribution in [0.4, 0.5) is 0 Å². The van der Waals surface area contributed by atoms with Crippen LogP contribution >= 0.6 is 47.8 Å². The maximum atomic E-state index is 13.4. The SMILES string of the molecule is CO[C@H]1C[C@H]2C=C[C@H]3[C@H]4O[C@]2(/C(C)=C/[C@@H](C)[C@@H]([C@@H](C)O)OC1=O)[C@@H]3[C@H](O)[C@@H](C)[C@H]4OC(=O)C1=C(Br)C(Br)=C(Br)C1. The van der Waals surface area contributed by atoms with E-state index in [1.54, 1.807) is 6.92 Å². The highest BCUT2D eigenvalue weighted by molar-refractivity contribution is 9.16. The lowest BCUT2D eigenvalue weighted by atomic mass is 9.57. The van der Waals surface area contributed by atoms with Gasteiger partial charge in [-0.2, -0.15) is 0 Å². The fourth-order valence-corrected chi connectivity index (χ4v) is 9.08. The average molecular weight is 751 g/mol. The van der Waals surface area contributed by atoms with E-state index in [-0.39, 0.29) is 30.1 Å². The van der Waals surface area contributed by atoms with Crippen LogP contribution in [-0.4, -0.2) is 71.5 Å². The summed E-state index contributed by atoms with van der Waals surface area (Å²) >= 11 is 10.4. The van der Waals surface area contributed by atoms with Crippen LogP contribution in [0.15, 0.2) is 42.8 Å². The third-order valence-electron chi connectivity index (χ3n) is 9.39. The molecule has 5 rings (SSSR count). The van der Waals surface area contributed by atoms with Crippen molar-refractivity contribution in [1.29, 1.82) is 0 Å². The van der Waals surface area contributed by atoms with Gasteiger partial charge in [-0.25, -0.2) is 9.59 Å². The number of hydrogen-bond donors (Lipinski definition) is 2. The molecule has 2 N–H and O–H groups in total. The number of cyclic esters (lactones) is 1. The molecule has 4 bridgehead atoms. The van der Waals surface area contributed by atoms with E-state index in [2.05, 4.69) is 47.8 Å². The molecule has 8 nitrogen and oxygen atoms in total. The molecule has 2 aliphatic heterocycles. The van der Waals surface area contributed by atoms with Gasteiger partial charge in [0, 0.05) is 56.6 Å². The molecule has 12 atom stereocenters. The number of aliphatic hydroxyl groups excluding tert-OH is 2. The number of hydrogen-bond acceptors (Lipinski definition) is 8. The quantitative estimate of drug-likeness (QED) is 0.311. The molecule has 220 valence electrons.